The molecule has 4 rings (SSSR count). The van der Waals surface area contributed by atoms with Crippen LogP contribution < -0.4 is 0 Å². The molecule has 3 aliphatic heterocycles. The number of hydrogen-bond acceptors (Lipinski definition) is 10. The summed E-state index contributed by atoms with van der Waals surface area (Å²) in [4.78, 5) is 5.86. The molecule has 1 saturated heterocycles. The van der Waals surface area contributed by atoms with Gasteiger partial charge >= 0.3 is 0 Å². The van der Waals surface area contributed by atoms with E-state index in [-0.39, 0.29) is 6.29 Å². The van der Waals surface area contributed by atoms with Crippen molar-refractivity contribution in [2.24, 2.45) is 0 Å². The van der Waals surface area contributed by atoms with E-state index in [1.165, 1.54) is 33.2 Å². The maximum atomic E-state index is 5.74. The molecule has 0 bridgehead atoms. The zero-order chi connectivity index (χ0) is 21.3. The second-order valence-electron chi connectivity index (χ2n) is 6.69. The minimum Gasteiger partial charge on any atom is -0.378 e. The highest BCUT2D eigenvalue weighted by Crippen LogP contribution is 2.63. The summed E-state index contributed by atoms with van der Waals surface area (Å²) in [6.07, 6.45) is 9.63. The van der Waals surface area contributed by atoms with Gasteiger partial charge in [0.15, 0.2) is 6.29 Å². The first-order chi connectivity index (χ1) is 15.3. The normalized spacial score (nSPS) is 21.4. The molecule has 0 spiro atoms. The second kappa shape index (κ2) is 13.6. The molecule has 0 amide bonds. The third-order valence-corrected chi connectivity index (χ3v) is 12.8. The summed E-state index contributed by atoms with van der Waals surface area (Å²) in [5.74, 6) is 0.957. The van der Waals surface area contributed by atoms with E-state index in [2.05, 4.69) is 23.6 Å². The molecule has 1 fully saturated rings. The van der Waals surface area contributed by atoms with Gasteiger partial charge in [0.25, 0.3) is 0 Å². The summed E-state index contributed by atoms with van der Waals surface area (Å²) < 4.78 is 28.1. The number of fused-ring (bicyclic) bond motifs is 1. The largest absolute Gasteiger partial charge is 0.378 e. The van der Waals surface area contributed by atoms with Gasteiger partial charge in [0.1, 0.15) is 0 Å². The molecule has 172 valence electrons. The van der Waals surface area contributed by atoms with Crippen molar-refractivity contribution in [2.45, 2.75) is 35.3 Å². The van der Waals surface area contributed by atoms with Crippen molar-refractivity contribution >= 4 is 70.6 Å². The first-order valence-electron chi connectivity index (χ1n) is 10.3. The fourth-order valence-electron chi connectivity index (χ4n) is 2.96. The van der Waals surface area contributed by atoms with Gasteiger partial charge in [-0.05, 0) is 25.5 Å². The van der Waals surface area contributed by atoms with Gasteiger partial charge in [0.2, 0.25) is 0 Å². The van der Waals surface area contributed by atoms with Gasteiger partial charge in [-0.2, -0.15) is 0 Å². The van der Waals surface area contributed by atoms with E-state index >= 15 is 0 Å². The maximum Gasteiger partial charge on any atom is 0.157 e. The van der Waals surface area contributed by atoms with Crippen molar-refractivity contribution in [2.75, 3.05) is 51.6 Å². The van der Waals surface area contributed by atoms with Crippen molar-refractivity contribution in [1.82, 2.24) is 4.98 Å². The number of nitrogens with one attached hydrogen (secondary N) is 1. The molecular weight excluding hydrogens is 511 g/mol. The second-order valence-corrected chi connectivity index (χ2v) is 13.8. The van der Waals surface area contributed by atoms with E-state index in [1.54, 1.807) is 0 Å². The van der Waals surface area contributed by atoms with Gasteiger partial charge in [-0.25, -0.2) is 0 Å². The first-order valence-corrected chi connectivity index (χ1v) is 15.7. The van der Waals surface area contributed by atoms with Crippen LogP contribution in [-0.4, -0.2) is 62.9 Å². The molecule has 1 aromatic heterocycles. The van der Waals surface area contributed by atoms with Crippen molar-refractivity contribution in [3.8, 4) is 0 Å². The average molecular weight is 538 g/mol. The van der Waals surface area contributed by atoms with Gasteiger partial charge in [-0.1, -0.05) is 47.0 Å². The van der Waals surface area contributed by atoms with E-state index in [0.29, 0.717) is 26.4 Å². The number of H-pyrrole nitrogens is 1. The van der Waals surface area contributed by atoms with Crippen LogP contribution in [0.25, 0.3) is 0 Å². The Morgan fingerprint density at radius 1 is 0.935 bits per heavy atom. The van der Waals surface area contributed by atoms with Crippen LogP contribution in [0.1, 0.15) is 19.3 Å². The van der Waals surface area contributed by atoms with Crippen LogP contribution in [0.3, 0.4) is 0 Å². The van der Waals surface area contributed by atoms with Crippen LogP contribution in [0, 0.1) is 0 Å². The van der Waals surface area contributed by atoms with Crippen LogP contribution in [0.4, 0.5) is 0 Å². The number of hydrogen-bond donors (Lipinski definition) is 1. The molecule has 1 unspecified atom stereocenters. The summed E-state index contributed by atoms with van der Waals surface area (Å²) in [5, 5.41) is 0. The molecule has 31 heavy (non-hydrogen) atoms. The zero-order valence-electron chi connectivity index (χ0n) is 17.4. The first kappa shape index (κ1) is 24.8. The van der Waals surface area contributed by atoms with Gasteiger partial charge in [-0.15, -0.1) is 23.5 Å². The smallest absolute Gasteiger partial charge is 0.157 e. The topological polar surface area (TPSA) is 52.7 Å². The van der Waals surface area contributed by atoms with Crippen molar-refractivity contribution in [3.63, 3.8) is 0 Å². The summed E-state index contributed by atoms with van der Waals surface area (Å²) >= 11 is 11.3. The highest BCUT2D eigenvalue weighted by atomic mass is 32.3. The average Bonchev–Trinajstić information content (AvgIpc) is 3.50. The minimum atomic E-state index is -0.0365. The molecule has 11 heteroatoms. The van der Waals surface area contributed by atoms with Crippen LogP contribution in [0.5, 0.6) is 0 Å². The Labute approximate surface area is 209 Å². The lowest BCUT2D eigenvalue weighted by Crippen LogP contribution is -2.24. The Bertz CT molecular complexity index is 755. The van der Waals surface area contributed by atoms with Gasteiger partial charge in [0, 0.05) is 34.5 Å². The van der Waals surface area contributed by atoms with Crippen molar-refractivity contribution in [3.05, 3.63) is 29.3 Å². The van der Waals surface area contributed by atoms with E-state index in [9.17, 15) is 0 Å². The van der Waals surface area contributed by atoms with Crippen LogP contribution in [0.2, 0.25) is 0 Å². The molecule has 0 saturated carbocycles. The number of ether oxygens (including phenoxy) is 4. The number of aromatic amines is 1. The van der Waals surface area contributed by atoms with E-state index in [0.717, 1.165) is 31.8 Å². The fourth-order valence-corrected chi connectivity index (χ4v) is 11.1. The van der Waals surface area contributed by atoms with Crippen molar-refractivity contribution < 1.29 is 18.9 Å². The molecule has 4 heterocycles. The molecule has 1 N–H and O–H groups in total. The highest BCUT2D eigenvalue weighted by molar-refractivity contribution is 8.42. The molecule has 1 aromatic rings. The minimum absolute atomic E-state index is 0.0365. The molecule has 1 atom stereocenters. The Morgan fingerprint density at radius 2 is 1.65 bits per heavy atom. The number of rotatable bonds is 12. The van der Waals surface area contributed by atoms with Crippen LogP contribution in [-0.2, 0) is 18.9 Å². The Balaban J connectivity index is 1.05. The predicted molar refractivity (Wildman–Crippen MR) is 139 cm³/mol. The predicted octanol–water partition coefficient (Wildman–Crippen LogP) is 6.62. The standard InChI is InChI=1S/C20H27NO4S6/c1-26-17-18(31-20(30-17)19-28-14-12-21-13-15(14)29-19)27-11-10-23-7-6-22-8-9-25-16-4-2-3-5-24-16/h12-13,16,21H,2-11H2,1H3. The Hall–Kier alpha value is 0.700. The zero-order valence-corrected chi connectivity index (χ0v) is 22.3. The lowest BCUT2D eigenvalue weighted by molar-refractivity contribution is -0.169. The van der Waals surface area contributed by atoms with E-state index in [4.69, 9.17) is 18.9 Å². The molecule has 5 nitrogen and oxygen atoms in total. The Morgan fingerprint density at radius 3 is 2.39 bits per heavy atom. The number of aromatic nitrogens is 1. The molecule has 3 aliphatic rings. The SMILES string of the molecule is CSC1=C(SCCOCCOCCOC2CCCCO2)SC(=C2Sc3c[nH]cc3S2)S1. The summed E-state index contributed by atoms with van der Waals surface area (Å²) in [6, 6.07) is 0. The molecule has 0 aliphatic carbocycles. The van der Waals surface area contributed by atoms with Gasteiger partial charge in [0.05, 0.1) is 50.0 Å². The monoisotopic (exact) mass is 537 g/mol. The van der Waals surface area contributed by atoms with E-state index < -0.39 is 0 Å². The van der Waals surface area contributed by atoms with Crippen LogP contribution in [0.15, 0.2) is 39.1 Å². The summed E-state index contributed by atoms with van der Waals surface area (Å²) in [7, 11) is 0. The quantitative estimate of drug-likeness (QED) is 0.294. The van der Waals surface area contributed by atoms with Gasteiger partial charge < -0.3 is 23.9 Å². The van der Waals surface area contributed by atoms with Crippen molar-refractivity contribution in [1.29, 1.82) is 0 Å². The summed E-state index contributed by atoms with van der Waals surface area (Å²) in [6.45, 7) is 3.95. The van der Waals surface area contributed by atoms with Crippen LogP contribution >= 0.6 is 70.6 Å². The summed E-state index contributed by atoms with van der Waals surface area (Å²) in [5.41, 5.74) is 0. The lowest BCUT2D eigenvalue weighted by Gasteiger charge is -2.22. The molecule has 0 radical (unpaired) electrons. The molecular formula is C20H27NO4S6. The van der Waals surface area contributed by atoms with Gasteiger partial charge in [-0.3, -0.25) is 0 Å². The lowest BCUT2D eigenvalue weighted by atomic mass is 10.2. The third-order valence-electron chi connectivity index (χ3n) is 4.47. The number of thioether (sulfide) groups is 6. The highest BCUT2D eigenvalue weighted by Gasteiger charge is 2.28. The molecule has 0 aromatic carbocycles. The van der Waals surface area contributed by atoms with E-state index in [1.807, 2.05) is 70.6 Å². The Kier molecular flexibility index (Phi) is 10.8. The maximum absolute atomic E-state index is 5.74. The third kappa shape index (κ3) is 7.60. The fraction of sp³-hybridized carbons (Fsp3) is 0.600.